The van der Waals surface area contributed by atoms with Crippen LogP contribution in [-0.2, 0) is 10.0 Å². The van der Waals surface area contributed by atoms with Crippen molar-refractivity contribution in [2.24, 2.45) is 0 Å². The summed E-state index contributed by atoms with van der Waals surface area (Å²) in [5.74, 6) is 0. The van der Waals surface area contributed by atoms with E-state index in [0.717, 1.165) is 10.9 Å². The van der Waals surface area contributed by atoms with E-state index in [0.29, 0.717) is 17.9 Å². The number of anilines is 2. The normalized spacial score (nSPS) is 11.1. The smallest absolute Gasteiger partial charge is 0.265 e. The number of halogens is 1. The Hall–Kier alpha value is -1.60. The van der Waals surface area contributed by atoms with Crippen molar-refractivity contribution in [3.63, 3.8) is 0 Å². The molecule has 0 atom stereocenters. The first-order valence-corrected chi connectivity index (χ1v) is 8.77. The number of hydrogen-bond donors (Lipinski definition) is 2. The van der Waals surface area contributed by atoms with Crippen LogP contribution in [0.3, 0.4) is 0 Å². The second-order valence-electron chi connectivity index (χ2n) is 4.41. The van der Waals surface area contributed by atoms with Gasteiger partial charge >= 0.3 is 0 Å². The molecule has 2 N–H and O–H groups in total. The summed E-state index contributed by atoms with van der Waals surface area (Å²) in [5.41, 5.74) is 1.06. The lowest BCUT2D eigenvalue weighted by molar-refractivity contribution is 0.601. The van der Waals surface area contributed by atoms with Crippen LogP contribution < -0.4 is 10.0 Å². The predicted molar refractivity (Wildman–Crippen MR) is 88.0 cm³/mol. The number of pyridine rings is 1. The Balaban J connectivity index is 2.29. The van der Waals surface area contributed by atoms with Crippen molar-refractivity contribution in [1.29, 1.82) is 0 Å². The maximum atomic E-state index is 12.5. The molecule has 0 amide bonds. The molecule has 0 aliphatic rings. The van der Waals surface area contributed by atoms with Crippen LogP contribution in [-0.4, -0.2) is 19.9 Å². The van der Waals surface area contributed by atoms with Crippen LogP contribution >= 0.6 is 15.9 Å². The molecule has 2 rings (SSSR count). The Morgan fingerprint density at radius 3 is 2.57 bits per heavy atom. The standard InChI is InChI=1S/C14H16BrN3O2S/c1-2-8-17-13-7-9-16-10-14(13)21(19,20)18-12-5-3-11(15)4-6-12/h3-7,9-10,18H,2,8H2,1H3,(H,16,17). The number of benzene rings is 1. The SMILES string of the molecule is CCCNc1ccncc1S(=O)(=O)Nc1ccc(Br)cc1. The van der Waals surface area contributed by atoms with Gasteiger partial charge in [-0.05, 0) is 36.8 Å². The van der Waals surface area contributed by atoms with Gasteiger partial charge in [-0.1, -0.05) is 22.9 Å². The fraction of sp³-hybridized carbons (Fsp3) is 0.214. The zero-order valence-electron chi connectivity index (χ0n) is 11.5. The fourth-order valence-electron chi connectivity index (χ4n) is 1.73. The summed E-state index contributed by atoms with van der Waals surface area (Å²) in [7, 11) is -3.68. The molecule has 112 valence electrons. The van der Waals surface area contributed by atoms with E-state index in [2.05, 4.69) is 31.0 Å². The Kier molecular flexibility index (Phi) is 5.19. The zero-order valence-corrected chi connectivity index (χ0v) is 13.9. The minimum atomic E-state index is -3.68. The molecular weight excluding hydrogens is 354 g/mol. The highest BCUT2D eigenvalue weighted by molar-refractivity contribution is 9.10. The van der Waals surface area contributed by atoms with E-state index < -0.39 is 10.0 Å². The van der Waals surface area contributed by atoms with Crippen LogP contribution in [0.5, 0.6) is 0 Å². The first kappa shape index (κ1) is 15.8. The van der Waals surface area contributed by atoms with Gasteiger partial charge in [0.1, 0.15) is 4.90 Å². The van der Waals surface area contributed by atoms with Gasteiger partial charge in [-0.25, -0.2) is 8.42 Å². The molecule has 21 heavy (non-hydrogen) atoms. The van der Waals surface area contributed by atoms with Crippen molar-refractivity contribution in [3.05, 3.63) is 47.2 Å². The molecular formula is C14H16BrN3O2S. The number of aromatic nitrogens is 1. The molecule has 1 heterocycles. The van der Waals surface area contributed by atoms with Crippen LogP contribution in [0.1, 0.15) is 13.3 Å². The first-order valence-electron chi connectivity index (χ1n) is 6.49. The Morgan fingerprint density at radius 2 is 1.90 bits per heavy atom. The molecule has 7 heteroatoms. The highest BCUT2D eigenvalue weighted by Crippen LogP contribution is 2.23. The largest absolute Gasteiger partial charge is 0.384 e. The molecule has 0 radical (unpaired) electrons. The number of rotatable bonds is 6. The lowest BCUT2D eigenvalue weighted by Crippen LogP contribution is -2.16. The Labute approximate surface area is 133 Å². The van der Waals surface area contributed by atoms with Gasteiger partial charge in [-0.3, -0.25) is 9.71 Å². The maximum Gasteiger partial charge on any atom is 0.265 e. The van der Waals surface area contributed by atoms with E-state index in [4.69, 9.17) is 0 Å². The highest BCUT2D eigenvalue weighted by atomic mass is 79.9. The van der Waals surface area contributed by atoms with E-state index in [1.807, 2.05) is 6.92 Å². The Bertz CT molecular complexity index is 702. The minimum Gasteiger partial charge on any atom is -0.384 e. The summed E-state index contributed by atoms with van der Waals surface area (Å²) in [6.45, 7) is 2.72. The average Bonchev–Trinajstić information content (AvgIpc) is 2.47. The van der Waals surface area contributed by atoms with Crippen molar-refractivity contribution in [2.45, 2.75) is 18.2 Å². The van der Waals surface area contributed by atoms with Gasteiger partial charge in [-0.2, -0.15) is 0 Å². The molecule has 0 spiro atoms. The molecule has 0 aliphatic carbocycles. The molecule has 2 aromatic rings. The third kappa shape index (κ3) is 4.18. The molecule has 1 aromatic carbocycles. The maximum absolute atomic E-state index is 12.5. The van der Waals surface area contributed by atoms with Crippen LogP contribution in [0.2, 0.25) is 0 Å². The van der Waals surface area contributed by atoms with Crippen LogP contribution in [0.15, 0.2) is 52.1 Å². The molecule has 0 saturated carbocycles. The van der Waals surface area contributed by atoms with Crippen LogP contribution in [0.25, 0.3) is 0 Å². The monoisotopic (exact) mass is 369 g/mol. The second-order valence-corrected chi connectivity index (χ2v) is 6.98. The van der Waals surface area contributed by atoms with Gasteiger partial charge in [0.2, 0.25) is 0 Å². The van der Waals surface area contributed by atoms with E-state index in [-0.39, 0.29) is 4.90 Å². The average molecular weight is 370 g/mol. The number of nitrogens with zero attached hydrogens (tertiary/aromatic N) is 1. The minimum absolute atomic E-state index is 0.140. The van der Waals surface area contributed by atoms with Gasteiger partial charge in [-0.15, -0.1) is 0 Å². The van der Waals surface area contributed by atoms with Crippen molar-refractivity contribution < 1.29 is 8.42 Å². The lowest BCUT2D eigenvalue weighted by Gasteiger charge is -2.13. The highest BCUT2D eigenvalue weighted by Gasteiger charge is 2.18. The fourth-order valence-corrected chi connectivity index (χ4v) is 3.18. The molecule has 0 unspecified atom stereocenters. The van der Waals surface area contributed by atoms with E-state index in [9.17, 15) is 8.42 Å². The van der Waals surface area contributed by atoms with Gasteiger partial charge in [0, 0.05) is 29.1 Å². The molecule has 5 nitrogen and oxygen atoms in total. The molecule has 0 aliphatic heterocycles. The quantitative estimate of drug-likeness (QED) is 0.817. The third-order valence-electron chi connectivity index (χ3n) is 2.74. The summed E-state index contributed by atoms with van der Waals surface area (Å²) in [6, 6.07) is 8.59. The number of nitrogens with one attached hydrogen (secondary N) is 2. The summed E-state index contributed by atoms with van der Waals surface area (Å²) >= 11 is 3.31. The number of sulfonamides is 1. The molecule has 1 aromatic heterocycles. The topological polar surface area (TPSA) is 71.1 Å². The van der Waals surface area contributed by atoms with Crippen molar-refractivity contribution in [2.75, 3.05) is 16.6 Å². The first-order chi connectivity index (χ1) is 10.0. The van der Waals surface area contributed by atoms with Gasteiger partial charge < -0.3 is 5.32 Å². The summed E-state index contributed by atoms with van der Waals surface area (Å²) in [5, 5.41) is 3.10. The van der Waals surface area contributed by atoms with Crippen molar-refractivity contribution >= 4 is 37.3 Å². The second kappa shape index (κ2) is 6.91. The van der Waals surface area contributed by atoms with E-state index in [1.54, 1.807) is 36.5 Å². The van der Waals surface area contributed by atoms with Gasteiger partial charge in [0.25, 0.3) is 10.0 Å². The summed E-state index contributed by atoms with van der Waals surface area (Å²) in [4.78, 5) is 4.05. The van der Waals surface area contributed by atoms with Crippen molar-refractivity contribution in [3.8, 4) is 0 Å². The number of hydrogen-bond acceptors (Lipinski definition) is 4. The van der Waals surface area contributed by atoms with Crippen LogP contribution in [0, 0.1) is 0 Å². The molecule has 0 bridgehead atoms. The Morgan fingerprint density at radius 1 is 1.19 bits per heavy atom. The third-order valence-corrected chi connectivity index (χ3v) is 4.67. The van der Waals surface area contributed by atoms with Crippen LogP contribution in [0.4, 0.5) is 11.4 Å². The molecule has 0 saturated heterocycles. The predicted octanol–water partition coefficient (Wildman–Crippen LogP) is 3.47. The van der Waals surface area contributed by atoms with E-state index >= 15 is 0 Å². The summed E-state index contributed by atoms with van der Waals surface area (Å²) < 4.78 is 28.4. The van der Waals surface area contributed by atoms with Crippen molar-refractivity contribution in [1.82, 2.24) is 4.98 Å². The zero-order chi connectivity index (χ0) is 15.3. The lowest BCUT2D eigenvalue weighted by atomic mass is 10.3. The van der Waals surface area contributed by atoms with Gasteiger partial charge in [0.05, 0.1) is 5.69 Å². The molecule has 0 fully saturated rings. The van der Waals surface area contributed by atoms with E-state index in [1.165, 1.54) is 6.20 Å². The van der Waals surface area contributed by atoms with Gasteiger partial charge in [0.15, 0.2) is 0 Å². The summed E-state index contributed by atoms with van der Waals surface area (Å²) in [6.07, 6.45) is 3.82.